The fraction of sp³-hybridized carbons (Fsp3) is 0.333. The summed E-state index contributed by atoms with van der Waals surface area (Å²) in [5, 5.41) is 5.68. The van der Waals surface area contributed by atoms with E-state index in [1.54, 1.807) is 67.4 Å². The zero-order valence-electron chi connectivity index (χ0n) is 16.4. The number of methoxy groups -OCH3 is 1. The van der Waals surface area contributed by atoms with Gasteiger partial charge < -0.3 is 20.1 Å². The highest BCUT2D eigenvalue weighted by molar-refractivity contribution is 7.98. The van der Waals surface area contributed by atoms with Crippen molar-refractivity contribution in [1.29, 1.82) is 0 Å². The molecule has 2 amide bonds. The number of hydrogen-bond donors (Lipinski definition) is 2. The predicted octanol–water partition coefficient (Wildman–Crippen LogP) is 3.58. The van der Waals surface area contributed by atoms with E-state index in [0.717, 1.165) is 11.5 Å². The van der Waals surface area contributed by atoms with Crippen LogP contribution in [0.4, 0.5) is 5.69 Å². The zero-order chi connectivity index (χ0) is 20.4. The zero-order valence-corrected chi connectivity index (χ0v) is 17.2. The van der Waals surface area contributed by atoms with Crippen molar-refractivity contribution in [2.24, 2.45) is 0 Å². The minimum atomic E-state index is -0.631. The molecule has 7 heteroatoms. The van der Waals surface area contributed by atoms with Crippen LogP contribution in [0.3, 0.4) is 0 Å². The van der Waals surface area contributed by atoms with Gasteiger partial charge in [-0.3, -0.25) is 9.59 Å². The Balaban J connectivity index is 2.03. The Hall–Kier alpha value is -2.67. The molecule has 0 spiro atoms. The van der Waals surface area contributed by atoms with Gasteiger partial charge in [0.15, 0.2) is 0 Å². The fourth-order valence-electron chi connectivity index (χ4n) is 2.52. The number of benzene rings is 2. The standard InChI is InChI=1S/C21H26N2O4S/c1-4-27-18-11-7-16(8-12-18)22-21(25)19(13-14-28-3)23-20(24)15-5-9-17(26-2)10-6-15/h5-12,19H,4,13-14H2,1-3H3,(H,22,25)(H,23,24)/t19-/m0/s1. The molecule has 0 aliphatic heterocycles. The number of carbonyl (C=O) groups is 2. The quantitative estimate of drug-likeness (QED) is 0.635. The molecule has 0 saturated carbocycles. The smallest absolute Gasteiger partial charge is 0.251 e. The summed E-state index contributed by atoms with van der Waals surface area (Å²) < 4.78 is 10.5. The van der Waals surface area contributed by atoms with Crippen LogP contribution in [0.5, 0.6) is 11.5 Å². The Morgan fingerprint density at radius 1 is 1.04 bits per heavy atom. The van der Waals surface area contributed by atoms with Crippen LogP contribution in [0.2, 0.25) is 0 Å². The van der Waals surface area contributed by atoms with Crippen molar-refractivity contribution in [3.05, 3.63) is 54.1 Å². The van der Waals surface area contributed by atoms with E-state index in [1.165, 1.54) is 0 Å². The minimum absolute atomic E-state index is 0.250. The van der Waals surface area contributed by atoms with E-state index in [1.807, 2.05) is 13.2 Å². The molecule has 2 N–H and O–H groups in total. The van der Waals surface area contributed by atoms with E-state index in [0.29, 0.717) is 30.0 Å². The molecule has 0 saturated heterocycles. The third-order valence-electron chi connectivity index (χ3n) is 4.02. The lowest BCUT2D eigenvalue weighted by molar-refractivity contribution is -0.118. The van der Waals surface area contributed by atoms with Crippen molar-refractivity contribution in [3.8, 4) is 11.5 Å². The lowest BCUT2D eigenvalue weighted by Crippen LogP contribution is -2.44. The number of ether oxygens (including phenoxy) is 2. The van der Waals surface area contributed by atoms with Crippen molar-refractivity contribution in [2.45, 2.75) is 19.4 Å². The van der Waals surface area contributed by atoms with Crippen LogP contribution in [-0.2, 0) is 4.79 Å². The van der Waals surface area contributed by atoms with Gasteiger partial charge in [0, 0.05) is 11.3 Å². The normalized spacial score (nSPS) is 11.4. The molecule has 0 unspecified atom stereocenters. The van der Waals surface area contributed by atoms with Crippen LogP contribution in [0.15, 0.2) is 48.5 Å². The van der Waals surface area contributed by atoms with Crippen molar-refractivity contribution in [3.63, 3.8) is 0 Å². The first-order chi connectivity index (χ1) is 13.6. The minimum Gasteiger partial charge on any atom is -0.497 e. The van der Waals surface area contributed by atoms with Crippen molar-refractivity contribution in [1.82, 2.24) is 5.32 Å². The molecule has 28 heavy (non-hydrogen) atoms. The van der Waals surface area contributed by atoms with Gasteiger partial charge in [0.2, 0.25) is 5.91 Å². The molecule has 2 aromatic rings. The van der Waals surface area contributed by atoms with Gasteiger partial charge >= 0.3 is 0 Å². The summed E-state index contributed by atoms with van der Waals surface area (Å²) in [6.07, 6.45) is 2.50. The summed E-state index contributed by atoms with van der Waals surface area (Å²) in [5.74, 6) is 1.62. The monoisotopic (exact) mass is 402 g/mol. The number of carbonyl (C=O) groups excluding carboxylic acids is 2. The first-order valence-electron chi connectivity index (χ1n) is 9.05. The Morgan fingerprint density at radius 2 is 1.68 bits per heavy atom. The van der Waals surface area contributed by atoms with E-state index in [-0.39, 0.29) is 11.8 Å². The molecule has 1 atom stereocenters. The van der Waals surface area contributed by atoms with Gasteiger partial charge in [0.1, 0.15) is 17.5 Å². The predicted molar refractivity (Wildman–Crippen MR) is 113 cm³/mol. The van der Waals surface area contributed by atoms with Crippen LogP contribution < -0.4 is 20.1 Å². The average Bonchev–Trinajstić information content (AvgIpc) is 2.72. The molecular formula is C21H26N2O4S. The second-order valence-electron chi connectivity index (χ2n) is 5.98. The third kappa shape index (κ3) is 6.49. The van der Waals surface area contributed by atoms with Gasteiger partial charge in [0.05, 0.1) is 13.7 Å². The summed E-state index contributed by atoms with van der Waals surface area (Å²) in [7, 11) is 1.57. The van der Waals surface area contributed by atoms with Crippen LogP contribution in [-0.4, -0.2) is 43.6 Å². The molecule has 0 radical (unpaired) electrons. The molecule has 0 aliphatic carbocycles. The van der Waals surface area contributed by atoms with Gasteiger partial charge in [-0.1, -0.05) is 0 Å². The van der Waals surface area contributed by atoms with Crippen LogP contribution in [0.1, 0.15) is 23.7 Å². The summed E-state index contributed by atoms with van der Waals surface area (Å²) in [4.78, 5) is 25.2. The van der Waals surface area contributed by atoms with Gasteiger partial charge in [-0.2, -0.15) is 11.8 Å². The summed E-state index contributed by atoms with van der Waals surface area (Å²) >= 11 is 1.62. The Morgan fingerprint density at radius 3 is 2.25 bits per heavy atom. The Labute approximate surface area is 170 Å². The van der Waals surface area contributed by atoms with Crippen molar-refractivity contribution < 1.29 is 19.1 Å². The van der Waals surface area contributed by atoms with Crippen LogP contribution in [0, 0.1) is 0 Å². The summed E-state index contributed by atoms with van der Waals surface area (Å²) in [6, 6.07) is 13.3. The highest BCUT2D eigenvalue weighted by Gasteiger charge is 2.21. The van der Waals surface area contributed by atoms with E-state index in [4.69, 9.17) is 9.47 Å². The molecule has 2 aromatic carbocycles. The molecule has 0 heterocycles. The largest absolute Gasteiger partial charge is 0.497 e. The van der Waals surface area contributed by atoms with Crippen LogP contribution in [0.25, 0.3) is 0 Å². The highest BCUT2D eigenvalue weighted by Crippen LogP contribution is 2.17. The summed E-state index contributed by atoms with van der Waals surface area (Å²) in [6.45, 7) is 2.50. The lowest BCUT2D eigenvalue weighted by Gasteiger charge is -2.18. The fourth-order valence-corrected chi connectivity index (χ4v) is 2.99. The maximum atomic E-state index is 12.7. The first kappa shape index (κ1) is 21.6. The Kier molecular flexibility index (Phi) is 8.68. The third-order valence-corrected chi connectivity index (χ3v) is 4.66. The number of hydrogen-bond acceptors (Lipinski definition) is 5. The molecular weight excluding hydrogens is 376 g/mol. The van der Waals surface area contributed by atoms with Crippen molar-refractivity contribution in [2.75, 3.05) is 31.0 Å². The first-order valence-corrected chi connectivity index (χ1v) is 10.4. The molecule has 6 nitrogen and oxygen atoms in total. The SMILES string of the molecule is CCOc1ccc(NC(=O)[C@H](CCSC)NC(=O)c2ccc(OC)cc2)cc1. The number of amides is 2. The number of nitrogens with one attached hydrogen (secondary N) is 2. The number of thioether (sulfide) groups is 1. The van der Waals surface area contributed by atoms with E-state index in [2.05, 4.69) is 10.6 Å². The number of anilines is 1. The van der Waals surface area contributed by atoms with E-state index in [9.17, 15) is 9.59 Å². The second-order valence-corrected chi connectivity index (χ2v) is 6.97. The maximum Gasteiger partial charge on any atom is 0.251 e. The molecule has 0 fully saturated rings. The maximum absolute atomic E-state index is 12.7. The number of rotatable bonds is 10. The lowest BCUT2D eigenvalue weighted by atomic mass is 10.1. The average molecular weight is 403 g/mol. The second kappa shape index (κ2) is 11.2. The summed E-state index contributed by atoms with van der Waals surface area (Å²) in [5.41, 5.74) is 1.13. The molecule has 150 valence electrons. The Bertz CT molecular complexity index is 763. The van der Waals surface area contributed by atoms with Gasteiger partial charge in [-0.25, -0.2) is 0 Å². The molecule has 0 aliphatic rings. The van der Waals surface area contributed by atoms with E-state index < -0.39 is 6.04 Å². The van der Waals surface area contributed by atoms with Crippen molar-refractivity contribution >= 4 is 29.3 Å². The molecule has 0 bridgehead atoms. The van der Waals surface area contributed by atoms with Crippen LogP contribution >= 0.6 is 11.8 Å². The van der Waals surface area contributed by atoms with E-state index >= 15 is 0 Å². The molecule has 0 aromatic heterocycles. The molecule has 2 rings (SSSR count). The van der Waals surface area contributed by atoms with Gasteiger partial charge in [-0.15, -0.1) is 0 Å². The van der Waals surface area contributed by atoms with Gasteiger partial charge in [-0.05, 0) is 73.9 Å². The van der Waals surface area contributed by atoms with Gasteiger partial charge in [0.25, 0.3) is 5.91 Å². The highest BCUT2D eigenvalue weighted by atomic mass is 32.2. The topological polar surface area (TPSA) is 76.7 Å².